The van der Waals surface area contributed by atoms with Crippen molar-refractivity contribution in [2.75, 3.05) is 0 Å². The second kappa shape index (κ2) is 6.55. The van der Waals surface area contributed by atoms with Gasteiger partial charge >= 0.3 is 12.2 Å². The molecule has 7 nitrogen and oxygen atoms in total. The Labute approximate surface area is 139 Å². The number of nitro groups is 1. The van der Waals surface area contributed by atoms with Crippen LogP contribution in [-0.2, 0) is 17.9 Å². The van der Waals surface area contributed by atoms with Crippen molar-refractivity contribution in [1.29, 1.82) is 0 Å². The van der Waals surface area contributed by atoms with Crippen LogP contribution in [-0.4, -0.2) is 26.9 Å². The van der Waals surface area contributed by atoms with Crippen LogP contribution in [0.5, 0.6) is 5.75 Å². The van der Waals surface area contributed by atoms with Crippen LogP contribution < -0.4 is 4.74 Å². The van der Waals surface area contributed by atoms with E-state index >= 15 is 0 Å². The molecule has 0 fully saturated rings. The van der Waals surface area contributed by atoms with Gasteiger partial charge in [-0.1, -0.05) is 12.1 Å². The molecule has 0 spiro atoms. The Balaban J connectivity index is 1.56. The molecule has 3 rings (SSSR count). The monoisotopic (exact) mass is 355 g/mol. The van der Waals surface area contributed by atoms with Gasteiger partial charge in [-0.3, -0.25) is 0 Å². The molecule has 0 amide bonds. The lowest BCUT2D eigenvalue weighted by molar-refractivity contribution is -0.389. The minimum atomic E-state index is -4.73. The normalized spacial score (nSPS) is 16.5. The maximum atomic E-state index is 12.1. The molecule has 1 aromatic heterocycles. The van der Waals surface area contributed by atoms with Crippen molar-refractivity contribution < 1.29 is 27.6 Å². The molecule has 2 heterocycles. The summed E-state index contributed by atoms with van der Waals surface area (Å²) in [4.78, 5) is 14.0. The van der Waals surface area contributed by atoms with Crippen molar-refractivity contribution in [1.82, 2.24) is 9.55 Å². The molecule has 132 valence electrons. The predicted molar refractivity (Wildman–Crippen MR) is 79.6 cm³/mol. The van der Waals surface area contributed by atoms with Gasteiger partial charge in [-0.2, -0.15) is 0 Å². The first-order chi connectivity index (χ1) is 11.8. The zero-order valence-corrected chi connectivity index (χ0v) is 12.6. The van der Waals surface area contributed by atoms with Gasteiger partial charge in [0.1, 0.15) is 11.9 Å². The van der Waals surface area contributed by atoms with Gasteiger partial charge in [0.05, 0.1) is 19.3 Å². The SMILES string of the molecule is O=[N+]([O-])c1cn2c(n1)C=C[C@@H](OCc1ccc(OC(F)(F)F)cc1)C2. The molecular weight excluding hydrogens is 343 g/mol. The van der Waals surface area contributed by atoms with Crippen LogP contribution >= 0.6 is 0 Å². The van der Waals surface area contributed by atoms with Crippen molar-refractivity contribution in [2.45, 2.75) is 25.6 Å². The van der Waals surface area contributed by atoms with Crippen molar-refractivity contribution in [3.8, 4) is 5.75 Å². The molecule has 0 saturated heterocycles. The molecule has 1 aliphatic heterocycles. The fourth-order valence-corrected chi connectivity index (χ4v) is 2.33. The van der Waals surface area contributed by atoms with E-state index in [4.69, 9.17) is 4.74 Å². The zero-order valence-electron chi connectivity index (χ0n) is 12.6. The number of nitrogens with zero attached hydrogens (tertiary/aromatic N) is 3. The first kappa shape index (κ1) is 17.0. The topological polar surface area (TPSA) is 79.4 Å². The van der Waals surface area contributed by atoms with Crippen LogP contribution in [0, 0.1) is 10.1 Å². The number of fused-ring (bicyclic) bond motifs is 1. The van der Waals surface area contributed by atoms with Crippen LogP contribution in [0.4, 0.5) is 19.0 Å². The molecule has 25 heavy (non-hydrogen) atoms. The molecule has 0 unspecified atom stereocenters. The fourth-order valence-electron chi connectivity index (χ4n) is 2.33. The standard InChI is InChI=1S/C15H12F3N3O4/c16-15(17,18)25-11-3-1-10(2-4-11)9-24-12-5-6-13-19-14(21(22)23)8-20(13)7-12/h1-6,8,12H,7,9H2/t12-/m1/s1. The van der Waals surface area contributed by atoms with E-state index < -0.39 is 11.3 Å². The molecule has 1 aliphatic rings. The van der Waals surface area contributed by atoms with E-state index in [2.05, 4.69) is 9.72 Å². The van der Waals surface area contributed by atoms with Gasteiger partial charge in [0, 0.05) is 6.08 Å². The first-order valence-corrected chi connectivity index (χ1v) is 7.16. The quantitative estimate of drug-likeness (QED) is 0.607. The minimum absolute atomic E-state index is 0.174. The smallest absolute Gasteiger partial charge is 0.406 e. The summed E-state index contributed by atoms with van der Waals surface area (Å²) in [5, 5.41) is 10.7. The number of alkyl halides is 3. The van der Waals surface area contributed by atoms with Crippen LogP contribution in [0.25, 0.3) is 6.08 Å². The lowest BCUT2D eigenvalue weighted by Gasteiger charge is -2.18. The van der Waals surface area contributed by atoms with Crippen LogP contribution in [0.15, 0.2) is 36.5 Å². The molecule has 0 N–H and O–H groups in total. The van der Waals surface area contributed by atoms with E-state index in [-0.39, 0.29) is 24.3 Å². The Hall–Kier alpha value is -2.88. The Bertz CT molecular complexity index is 799. The van der Waals surface area contributed by atoms with E-state index in [1.165, 1.54) is 30.5 Å². The summed E-state index contributed by atoms with van der Waals surface area (Å²) in [6.07, 6.45) is -0.365. The van der Waals surface area contributed by atoms with Gasteiger partial charge < -0.3 is 24.2 Å². The number of hydrogen-bond acceptors (Lipinski definition) is 5. The molecule has 0 saturated carbocycles. The summed E-state index contributed by atoms with van der Waals surface area (Å²) in [5.41, 5.74) is 0.672. The third kappa shape index (κ3) is 4.35. The average Bonchev–Trinajstić information content (AvgIpc) is 2.96. The number of benzene rings is 1. The lowest BCUT2D eigenvalue weighted by Crippen LogP contribution is -2.21. The minimum Gasteiger partial charge on any atom is -0.406 e. The molecule has 0 bridgehead atoms. The highest BCUT2D eigenvalue weighted by Crippen LogP contribution is 2.23. The highest BCUT2D eigenvalue weighted by molar-refractivity contribution is 5.46. The second-order valence-corrected chi connectivity index (χ2v) is 5.27. The highest BCUT2D eigenvalue weighted by Gasteiger charge is 2.31. The van der Waals surface area contributed by atoms with Gasteiger partial charge in [0.2, 0.25) is 5.82 Å². The Morgan fingerprint density at radius 2 is 2.04 bits per heavy atom. The van der Waals surface area contributed by atoms with Gasteiger partial charge in [0.15, 0.2) is 0 Å². The van der Waals surface area contributed by atoms with Gasteiger partial charge in [0.25, 0.3) is 0 Å². The second-order valence-electron chi connectivity index (χ2n) is 5.27. The Morgan fingerprint density at radius 3 is 2.68 bits per heavy atom. The summed E-state index contributed by atoms with van der Waals surface area (Å²) in [6.45, 7) is 0.537. The van der Waals surface area contributed by atoms with Crippen LogP contribution in [0.2, 0.25) is 0 Å². The number of halogens is 3. The Kier molecular flexibility index (Phi) is 4.45. The van der Waals surface area contributed by atoms with Crippen molar-refractivity contribution >= 4 is 11.9 Å². The average molecular weight is 355 g/mol. The van der Waals surface area contributed by atoms with E-state index in [1.807, 2.05) is 0 Å². The maximum Gasteiger partial charge on any atom is 0.573 e. The number of aromatic nitrogens is 2. The van der Waals surface area contributed by atoms with Crippen molar-refractivity contribution in [3.63, 3.8) is 0 Å². The van der Waals surface area contributed by atoms with E-state index in [1.54, 1.807) is 16.7 Å². The number of imidazole rings is 1. The van der Waals surface area contributed by atoms with Gasteiger partial charge in [-0.25, -0.2) is 0 Å². The molecule has 0 aliphatic carbocycles. The summed E-state index contributed by atoms with van der Waals surface area (Å²) in [5.74, 6) is -0.0649. The van der Waals surface area contributed by atoms with Crippen molar-refractivity contribution in [2.24, 2.45) is 0 Å². The Morgan fingerprint density at radius 1 is 1.32 bits per heavy atom. The molecule has 1 aromatic carbocycles. The summed E-state index contributed by atoms with van der Waals surface area (Å²) in [7, 11) is 0. The third-order valence-corrected chi connectivity index (χ3v) is 3.44. The summed E-state index contributed by atoms with van der Waals surface area (Å²) < 4.78 is 47.4. The van der Waals surface area contributed by atoms with Crippen molar-refractivity contribution in [3.05, 3.63) is 58.0 Å². The summed E-state index contributed by atoms with van der Waals surface area (Å²) in [6, 6.07) is 5.36. The van der Waals surface area contributed by atoms with Crippen LogP contribution in [0.3, 0.4) is 0 Å². The highest BCUT2D eigenvalue weighted by atomic mass is 19.4. The van der Waals surface area contributed by atoms with Gasteiger partial charge in [-0.15, -0.1) is 13.2 Å². The molecule has 10 heteroatoms. The number of ether oxygens (including phenoxy) is 2. The van der Waals surface area contributed by atoms with E-state index in [9.17, 15) is 23.3 Å². The lowest BCUT2D eigenvalue weighted by atomic mass is 10.2. The molecule has 0 radical (unpaired) electrons. The third-order valence-electron chi connectivity index (χ3n) is 3.44. The molecular formula is C15H12F3N3O4. The van der Waals surface area contributed by atoms with E-state index in [0.29, 0.717) is 17.9 Å². The molecule has 1 atom stereocenters. The molecule has 2 aromatic rings. The largest absolute Gasteiger partial charge is 0.573 e. The first-order valence-electron chi connectivity index (χ1n) is 7.16. The summed E-state index contributed by atoms with van der Waals surface area (Å²) >= 11 is 0. The predicted octanol–water partition coefficient (Wildman–Crippen LogP) is 3.30. The number of rotatable bonds is 5. The maximum absolute atomic E-state index is 12.1. The van der Waals surface area contributed by atoms with E-state index in [0.717, 1.165) is 0 Å². The zero-order chi connectivity index (χ0) is 18.0. The van der Waals surface area contributed by atoms with Crippen LogP contribution in [0.1, 0.15) is 11.4 Å². The number of hydrogen-bond donors (Lipinski definition) is 0. The van der Waals surface area contributed by atoms with Gasteiger partial charge in [-0.05, 0) is 33.7 Å². The fraction of sp³-hybridized carbons (Fsp3) is 0.267.